The normalized spacial score (nSPS) is 10.0. The summed E-state index contributed by atoms with van der Waals surface area (Å²) in [6.07, 6.45) is 0.762. The number of ether oxygens (including phenoxy) is 1. The Morgan fingerprint density at radius 2 is 2.27 bits per heavy atom. The van der Waals surface area contributed by atoms with Gasteiger partial charge in [0.1, 0.15) is 6.61 Å². The monoisotopic (exact) mass is 210 g/mol. The van der Waals surface area contributed by atoms with Crippen LogP contribution in [0.1, 0.15) is 12.5 Å². The van der Waals surface area contributed by atoms with Crippen molar-refractivity contribution >= 4 is 5.69 Å². The largest absolute Gasteiger partial charge is 0.485 e. The van der Waals surface area contributed by atoms with Gasteiger partial charge < -0.3 is 10.5 Å². The molecule has 0 atom stereocenters. The van der Waals surface area contributed by atoms with Crippen molar-refractivity contribution in [3.63, 3.8) is 0 Å². The predicted octanol–water partition coefficient (Wildman–Crippen LogP) is 1.49. The Morgan fingerprint density at radius 3 is 2.80 bits per heavy atom. The van der Waals surface area contributed by atoms with Gasteiger partial charge in [0.15, 0.2) is 5.75 Å². The van der Waals surface area contributed by atoms with E-state index in [0.717, 1.165) is 12.0 Å². The zero-order chi connectivity index (χ0) is 11.3. The summed E-state index contributed by atoms with van der Waals surface area (Å²) in [7, 11) is 0. The minimum atomic E-state index is -0.439. The Balaban J connectivity index is 2.98. The molecule has 0 saturated carbocycles. The van der Waals surface area contributed by atoms with Gasteiger partial charge in [-0.3, -0.25) is 10.1 Å². The fraction of sp³-hybridized carbons (Fsp3) is 0.400. The zero-order valence-electron chi connectivity index (χ0n) is 8.60. The van der Waals surface area contributed by atoms with E-state index < -0.39 is 4.92 Å². The van der Waals surface area contributed by atoms with Crippen molar-refractivity contribution in [2.75, 3.05) is 13.2 Å². The fourth-order valence-electron chi connectivity index (χ4n) is 1.22. The van der Waals surface area contributed by atoms with Gasteiger partial charge in [-0.05, 0) is 18.1 Å². The van der Waals surface area contributed by atoms with Crippen LogP contribution in [0.4, 0.5) is 5.69 Å². The highest BCUT2D eigenvalue weighted by molar-refractivity contribution is 5.48. The standard InChI is InChI=1S/C10H14N2O3/c1-2-8-3-4-10(15-6-5-11)9(7-8)12(13)14/h3-4,7H,2,5-6,11H2,1H3. The Bertz CT molecular complexity index is 353. The van der Waals surface area contributed by atoms with E-state index in [9.17, 15) is 10.1 Å². The van der Waals surface area contributed by atoms with E-state index in [4.69, 9.17) is 10.5 Å². The van der Waals surface area contributed by atoms with Crippen LogP contribution < -0.4 is 10.5 Å². The molecule has 1 rings (SSSR count). The van der Waals surface area contributed by atoms with Crippen molar-refractivity contribution in [1.82, 2.24) is 0 Å². The molecule has 0 aromatic heterocycles. The lowest BCUT2D eigenvalue weighted by atomic mass is 10.1. The van der Waals surface area contributed by atoms with Crippen molar-refractivity contribution in [3.05, 3.63) is 33.9 Å². The van der Waals surface area contributed by atoms with Crippen LogP contribution >= 0.6 is 0 Å². The zero-order valence-corrected chi connectivity index (χ0v) is 8.60. The Labute approximate surface area is 88.0 Å². The van der Waals surface area contributed by atoms with Crippen molar-refractivity contribution in [1.29, 1.82) is 0 Å². The molecular formula is C10H14N2O3. The van der Waals surface area contributed by atoms with Gasteiger partial charge >= 0.3 is 5.69 Å². The molecule has 0 amide bonds. The Hall–Kier alpha value is -1.62. The van der Waals surface area contributed by atoms with E-state index in [2.05, 4.69) is 0 Å². The van der Waals surface area contributed by atoms with Crippen LogP contribution in [0.3, 0.4) is 0 Å². The summed E-state index contributed by atoms with van der Waals surface area (Å²) < 4.78 is 5.18. The topological polar surface area (TPSA) is 78.4 Å². The van der Waals surface area contributed by atoms with Crippen molar-refractivity contribution in [2.24, 2.45) is 5.73 Å². The molecule has 0 bridgehead atoms. The quantitative estimate of drug-likeness (QED) is 0.590. The molecule has 2 N–H and O–H groups in total. The summed E-state index contributed by atoms with van der Waals surface area (Å²) in [5.41, 5.74) is 6.18. The minimum absolute atomic E-state index is 0.00259. The first-order valence-electron chi connectivity index (χ1n) is 4.79. The third-order valence-corrected chi connectivity index (χ3v) is 2.00. The third-order valence-electron chi connectivity index (χ3n) is 2.00. The molecule has 1 aromatic rings. The van der Waals surface area contributed by atoms with Crippen LogP contribution in [0.2, 0.25) is 0 Å². The lowest BCUT2D eigenvalue weighted by Gasteiger charge is -2.06. The van der Waals surface area contributed by atoms with Gasteiger partial charge in [0, 0.05) is 12.6 Å². The van der Waals surface area contributed by atoms with Crippen LogP contribution in [-0.2, 0) is 6.42 Å². The lowest BCUT2D eigenvalue weighted by molar-refractivity contribution is -0.385. The van der Waals surface area contributed by atoms with Crippen LogP contribution in [0.5, 0.6) is 5.75 Å². The first kappa shape index (κ1) is 11.5. The van der Waals surface area contributed by atoms with Crippen LogP contribution in [0, 0.1) is 10.1 Å². The lowest BCUT2D eigenvalue weighted by Crippen LogP contribution is -2.11. The second kappa shape index (κ2) is 5.31. The second-order valence-corrected chi connectivity index (χ2v) is 3.05. The van der Waals surface area contributed by atoms with E-state index in [1.807, 2.05) is 13.0 Å². The fourth-order valence-corrected chi connectivity index (χ4v) is 1.22. The molecule has 0 aliphatic rings. The molecule has 0 aliphatic carbocycles. The molecular weight excluding hydrogens is 196 g/mol. The highest BCUT2D eigenvalue weighted by Gasteiger charge is 2.15. The third kappa shape index (κ3) is 2.92. The molecule has 0 aliphatic heterocycles. The average Bonchev–Trinajstić information content (AvgIpc) is 2.26. The van der Waals surface area contributed by atoms with Crippen molar-refractivity contribution in [3.8, 4) is 5.75 Å². The first-order chi connectivity index (χ1) is 7.19. The first-order valence-corrected chi connectivity index (χ1v) is 4.79. The molecule has 0 radical (unpaired) electrons. The van der Waals surface area contributed by atoms with Gasteiger partial charge in [-0.15, -0.1) is 0 Å². The van der Waals surface area contributed by atoms with Crippen LogP contribution in [-0.4, -0.2) is 18.1 Å². The summed E-state index contributed by atoms with van der Waals surface area (Å²) in [5, 5.41) is 10.7. The minimum Gasteiger partial charge on any atom is -0.485 e. The predicted molar refractivity (Wildman–Crippen MR) is 57.0 cm³/mol. The molecule has 5 heteroatoms. The summed E-state index contributed by atoms with van der Waals surface area (Å²) in [6.45, 7) is 2.57. The number of benzene rings is 1. The van der Waals surface area contributed by atoms with E-state index in [1.54, 1.807) is 6.07 Å². The molecule has 0 spiro atoms. The molecule has 0 unspecified atom stereocenters. The number of hydrogen-bond acceptors (Lipinski definition) is 4. The van der Waals surface area contributed by atoms with E-state index in [1.165, 1.54) is 6.07 Å². The Kier molecular flexibility index (Phi) is 4.05. The number of nitro groups is 1. The number of hydrogen-bond donors (Lipinski definition) is 1. The summed E-state index contributed by atoms with van der Waals surface area (Å²) in [5.74, 6) is 0.280. The smallest absolute Gasteiger partial charge is 0.311 e. The van der Waals surface area contributed by atoms with E-state index >= 15 is 0 Å². The molecule has 0 fully saturated rings. The van der Waals surface area contributed by atoms with Crippen LogP contribution in [0.25, 0.3) is 0 Å². The molecule has 0 heterocycles. The average molecular weight is 210 g/mol. The van der Waals surface area contributed by atoms with Crippen molar-refractivity contribution < 1.29 is 9.66 Å². The number of nitrogens with zero attached hydrogens (tertiary/aromatic N) is 1. The molecule has 0 saturated heterocycles. The van der Waals surface area contributed by atoms with Gasteiger partial charge in [0.25, 0.3) is 0 Å². The van der Waals surface area contributed by atoms with Gasteiger partial charge in [-0.25, -0.2) is 0 Å². The second-order valence-electron chi connectivity index (χ2n) is 3.05. The number of nitro benzene ring substituents is 1. The van der Waals surface area contributed by atoms with Gasteiger partial charge in [0.05, 0.1) is 4.92 Å². The highest BCUT2D eigenvalue weighted by atomic mass is 16.6. The maximum atomic E-state index is 10.7. The van der Waals surface area contributed by atoms with E-state index in [0.29, 0.717) is 6.54 Å². The molecule has 5 nitrogen and oxygen atoms in total. The summed E-state index contributed by atoms with van der Waals surface area (Å²) >= 11 is 0. The highest BCUT2D eigenvalue weighted by Crippen LogP contribution is 2.27. The number of aryl methyl sites for hydroxylation is 1. The maximum absolute atomic E-state index is 10.7. The van der Waals surface area contributed by atoms with E-state index in [-0.39, 0.29) is 18.0 Å². The SMILES string of the molecule is CCc1ccc(OCCN)c([N+](=O)[O-])c1. The Morgan fingerprint density at radius 1 is 1.53 bits per heavy atom. The molecule has 82 valence electrons. The molecule has 1 aromatic carbocycles. The van der Waals surface area contributed by atoms with Crippen LogP contribution in [0.15, 0.2) is 18.2 Å². The number of nitrogens with two attached hydrogens (primary N) is 1. The summed E-state index contributed by atoms with van der Waals surface area (Å²) in [6, 6.07) is 4.97. The maximum Gasteiger partial charge on any atom is 0.311 e. The molecule has 15 heavy (non-hydrogen) atoms. The summed E-state index contributed by atoms with van der Waals surface area (Å²) in [4.78, 5) is 10.3. The van der Waals surface area contributed by atoms with Gasteiger partial charge in [-0.1, -0.05) is 13.0 Å². The number of rotatable bonds is 5. The van der Waals surface area contributed by atoms with Gasteiger partial charge in [0.2, 0.25) is 0 Å². The van der Waals surface area contributed by atoms with Gasteiger partial charge in [-0.2, -0.15) is 0 Å². The van der Waals surface area contributed by atoms with Crippen molar-refractivity contribution in [2.45, 2.75) is 13.3 Å².